The summed E-state index contributed by atoms with van der Waals surface area (Å²) >= 11 is 0. The van der Waals surface area contributed by atoms with Crippen LogP contribution in [0.2, 0.25) is 0 Å². The highest BCUT2D eigenvalue weighted by atomic mass is 32.2. The number of likely N-dealkylation sites (tertiary alicyclic amines) is 1. The van der Waals surface area contributed by atoms with Crippen LogP contribution in [0.1, 0.15) is 39.0 Å². The molecule has 1 atom stereocenters. The molecule has 1 amide bonds. The van der Waals surface area contributed by atoms with Gasteiger partial charge in [0.2, 0.25) is 10.0 Å². The van der Waals surface area contributed by atoms with Crippen LogP contribution in [-0.4, -0.2) is 64.1 Å². The SMILES string of the molecule is CCC1CCCCN1C(=O)COC(=O)CNS(=O)(=O)c1ccc2c(c1)OCCCO2. The Kier molecular flexibility index (Phi) is 7.54. The second-order valence-corrected chi connectivity index (χ2v) is 9.06. The standard InChI is InChI=1S/C20H28N2O7S/c1-2-15-6-3-4-9-22(15)19(23)14-29-20(24)13-21-30(25,26)16-7-8-17-18(12-16)28-11-5-10-27-17/h7-8,12,15,21H,2-6,9-11,13-14H2,1H3. The third kappa shape index (κ3) is 5.63. The first-order valence-electron chi connectivity index (χ1n) is 10.2. The lowest BCUT2D eigenvalue weighted by Gasteiger charge is -2.35. The van der Waals surface area contributed by atoms with Crippen molar-refractivity contribution in [3.05, 3.63) is 18.2 Å². The van der Waals surface area contributed by atoms with Crippen molar-refractivity contribution in [2.24, 2.45) is 0 Å². The highest BCUT2D eigenvalue weighted by molar-refractivity contribution is 7.89. The molecule has 2 aliphatic heterocycles. The Morgan fingerprint density at radius 3 is 2.70 bits per heavy atom. The molecular formula is C20H28N2O7S. The number of nitrogens with one attached hydrogen (secondary N) is 1. The van der Waals surface area contributed by atoms with Gasteiger partial charge in [-0.3, -0.25) is 9.59 Å². The number of carbonyl (C=O) groups excluding carboxylic acids is 2. The zero-order valence-electron chi connectivity index (χ0n) is 17.1. The number of amides is 1. The van der Waals surface area contributed by atoms with Crippen LogP contribution in [0, 0.1) is 0 Å². The van der Waals surface area contributed by atoms with Gasteiger partial charge >= 0.3 is 5.97 Å². The molecule has 30 heavy (non-hydrogen) atoms. The molecule has 1 saturated heterocycles. The van der Waals surface area contributed by atoms with Crippen LogP contribution in [0.25, 0.3) is 0 Å². The molecule has 10 heteroatoms. The molecule has 1 N–H and O–H groups in total. The van der Waals surface area contributed by atoms with Crippen molar-refractivity contribution in [3.8, 4) is 11.5 Å². The van der Waals surface area contributed by atoms with Gasteiger partial charge in [0.25, 0.3) is 5.91 Å². The lowest BCUT2D eigenvalue weighted by atomic mass is 10.00. The van der Waals surface area contributed by atoms with Crippen LogP contribution >= 0.6 is 0 Å². The van der Waals surface area contributed by atoms with E-state index in [0.717, 1.165) is 25.7 Å². The Labute approximate surface area is 176 Å². The number of benzene rings is 1. The number of ether oxygens (including phenoxy) is 3. The topological polar surface area (TPSA) is 111 Å². The fraction of sp³-hybridized carbons (Fsp3) is 0.600. The summed E-state index contributed by atoms with van der Waals surface area (Å²) < 4.78 is 43.1. The van der Waals surface area contributed by atoms with E-state index in [1.165, 1.54) is 18.2 Å². The van der Waals surface area contributed by atoms with Gasteiger partial charge in [0.1, 0.15) is 6.54 Å². The molecule has 0 bridgehead atoms. The summed E-state index contributed by atoms with van der Waals surface area (Å²) in [5, 5.41) is 0. The monoisotopic (exact) mass is 440 g/mol. The van der Waals surface area contributed by atoms with Crippen molar-refractivity contribution in [2.75, 3.05) is 32.9 Å². The molecule has 0 saturated carbocycles. The molecular weight excluding hydrogens is 412 g/mol. The van der Waals surface area contributed by atoms with E-state index in [1.807, 2.05) is 6.92 Å². The zero-order chi connectivity index (χ0) is 21.6. The molecule has 0 spiro atoms. The summed E-state index contributed by atoms with van der Waals surface area (Å²) in [6.07, 6.45) is 4.53. The molecule has 1 aromatic carbocycles. The quantitative estimate of drug-likeness (QED) is 0.639. The smallest absolute Gasteiger partial charge is 0.321 e. The van der Waals surface area contributed by atoms with Crippen molar-refractivity contribution in [2.45, 2.75) is 50.0 Å². The zero-order valence-corrected chi connectivity index (χ0v) is 17.9. The van der Waals surface area contributed by atoms with Crippen LogP contribution in [0.5, 0.6) is 11.5 Å². The van der Waals surface area contributed by atoms with Crippen molar-refractivity contribution in [1.82, 2.24) is 9.62 Å². The number of fused-ring (bicyclic) bond motifs is 1. The summed E-state index contributed by atoms with van der Waals surface area (Å²) in [6, 6.07) is 4.43. The van der Waals surface area contributed by atoms with Gasteiger partial charge in [-0.15, -0.1) is 0 Å². The average Bonchev–Trinajstić information content (AvgIpc) is 3.01. The molecule has 1 fully saturated rings. The van der Waals surface area contributed by atoms with Crippen LogP contribution in [0.4, 0.5) is 0 Å². The molecule has 1 unspecified atom stereocenters. The minimum Gasteiger partial charge on any atom is -0.490 e. The van der Waals surface area contributed by atoms with E-state index >= 15 is 0 Å². The lowest BCUT2D eigenvalue weighted by molar-refractivity contribution is -0.152. The predicted molar refractivity (Wildman–Crippen MR) is 108 cm³/mol. The highest BCUT2D eigenvalue weighted by Crippen LogP contribution is 2.31. The number of carbonyl (C=O) groups is 2. The maximum absolute atomic E-state index is 12.5. The summed E-state index contributed by atoms with van der Waals surface area (Å²) in [7, 11) is -3.95. The minimum absolute atomic E-state index is 0.0465. The van der Waals surface area contributed by atoms with E-state index in [-0.39, 0.29) is 23.5 Å². The first-order chi connectivity index (χ1) is 14.4. The summed E-state index contributed by atoms with van der Waals surface area (Å²) in [5.74, 6) is -0.241. The van der Waals surface area contributed by atoms with Crippen LogP contribution < -0.4 is 14.2 Å². The van der Waals surface area contributed by atoms with Crippen LogP contribution in [0.3, 0.4) is 0 Å². The maximum Gasteiger partial charge on any atom is 0.321 e. The lowest BCUT2D eigenvalue weighted by Crippen LogP contribution is -2.45. The van der Waals surface area contributed by atoms with Crippen molar-refractivity contribution in [3.63, 3.8) is 0 Å². The molecule has 2 heterocycles. The summed E-state index contributed by atoms with van der Waals surface area (Å²) in [4.78, 5) is 26.0. The number of piperidine rings is 1. The first kappa shape index (κ1) is 22.4. The summed E-state index contributed by atoms with van der Waals surface area (Å²) in [5.41, 5.74) is 0. The van der Waals surface area contributed by atoms with E-state index in [1.54, 1.807) is 4.90 Å². The third-order valence-corrected chi connectivity index (χ3v) is 6.61. The molecule has 2 aliphatic rings. The second-order valence-electron chi connectivity index (χ2n) is 7.29. The number of nitrogens with zero attached hydrogens (tertiary/aromatic N) is 1. The first-order valence-corrected chi connectivity index (χ1v) is 11.7. The van der Waals surface area contributed by atoms with E-state index in [4.69, 9.17) is 14.2 Å². The number of hydrogen-bond donors (Lipinski definition) is 1. The highest BCUT2D eigenvalue weighted by Gasteiger charge is 2.26. The predicted octanol–water partition coefficient (Wildman–Crippen LogP) is 1.46. The van der Waals surface area contributed by atoms with Gasteiger partial charge in [-0.1, -0.05) is 6.92 Å². The fourth-order valence-electron chi connectivity index (χ4n) is 3.58. The maximum atomic E-state index is 12.5. The van der Waals surface area contributed by atoms with Gasteiger partial charge in [-0.05, 0) is 37.8 Å². The van der Waals surface area contributed by atoms with Gasteiger partial charge in [-0.2, -0.15) is 4.72 Å². The molecule has 0 radical (unpaired) electrons. The Morgan fingerprint density at radius 1 is 1.17 bits per heavy atom. The summed E-state index contributed by atoms with van der Waals surface area (Å²) in [6.45, 7) is 2.66. The second kappa shape index (κ2) is 10.1. The molecule has 0 aromatic heterocycles. The third-order valence-electron chi connectivity index (χ3n) is 5.21. The van der Waals surface area contributed by atoms with Crippen LogP contribution in [-0.2, 0) is 24.3 Å². The Balaban J connectivity index is 1.51. The van der Waals surface area contributed by atoms with Crippen LogP contribution in [0.15, 0.2) is 23.1 Å². The minimum atomic E-state index is -3.95. The average molecular weight is 441 g/mol. The number of esters is 1. The van der Waals surface area contributed by atoms with E-state index in [2.05, 4.69) is 4.72 Å². The fourth-order valence-corrected chi connectivity index (χ4v) is 4.56. The Bertz CT molecular complexity index is 872. The van der Waals surface area contributed by atoms with E-state index in [9.17, 15) is 18.0 Å². The van der Waals surface area contributed by atoms with Crippen molar-refractivity contribution >= 4 is 21.9 Å². The van der Waals surface area contributed by atoms with E-state index < -0.39 is 22.5 Å². The van der Waals surface area contributed by atoms with Crippen molar-refractivity contribution in [1.29, 1.82) is 0 Å². The molecule has 0 aliphatic carbocycles. The molecule has 9 nitrogen and oxygen atoms in total. The van der Waals surface area contributed by atoms with Gasteiger partial charge in [0, 0.05) is 25.1 Å². The van der Waals surface area contributed by atoms with Gasteiger partial charge in [-0.25, -0.2) is 8.42 Å². The number of rotatable bonds is 7. The molecule has 3 rings (SSSR count). The van der Waals surface area contributed by atoms with Gasteiger partial charge in [0.15, 0.2) is 18.1 Å². The Morgan fingerprint density at radius 2 is 1.93 bits per heavy atom. The van der Waals surface area contributed by atoms with Gasteiger partial charge < -0.3 is 19.1 Å². The van der Waals surface area contributed by atoms with Gasteiger partial charge in [0.05, 0.1) is 18.1 Å². The number of hydrogen-bond acceptors (Lipinski definition) is 7. The van der Waals surface area contributed by atoms with Crippen molar-refractivity contribution < 1.29 is 32.2 Å². The normalized spacial score (nSPS) is 19.1. The largest absolute Gasteiger partial charge is 0.490 e. The molecule has 1 aromatic rings. The molecule has 166 valence electrons. The van der Waals surface area contributed by atoms with E-state index in [0.29, 0.717) is 37.7 Å². The Hall–Kier alpha value is -2.33. The number of sulfonamides is 1.